The van der Waals surface area contributed by atoms with Crippen LogP contribution in [0.2, 0.25) is 0 Å². The fourth-order valence-electron chi connectivity index (χ4n) is 22.7. The number of anilines is 6. The summed E-state index contributed by atoms with van der Waals surface area (Å²) in [5.74, 6) is 0. The van der Waals surface area contributed by atoms with Crippen LogP contribution in [-0.4, -0.2) is 27.4 Å². The minimum Gasteiger partial charge on any atom is -0.311 e. The molecule has 0 radical (unpaired) electrons. The second-order valence-electron chi connectivity index (χ2n) is 36.2. The summed E-state index contributed by atoms with van der Waals surface area (Å²) < 4.78 is 14.5. The van der Waals surface area contributed by atoms with E-state index in [0.29, 0.717) is 0 Å². The Kier molecular flexibility index (Phi) is 17.9. The van der Waals surface area contributed by atoms with E-state index in [0.717, 1.165) is 107 Å². The molecule has 6 aromatic heterocycles. The van der Waals surface area contributed by atoms with Crippen LogP contribution in [0.3, 0.4) is 0 Å². The van der Waals surface area contributed by atoms with Crippen molar-refractivity contribution < 1.29 is 0 Å². The van der Waals surface area contributed by atoms with Crippen molar-refractivity contribution in [3.8, 4) is 78.6 Å². The van der Waals surface area contributed by atoms with Gasteiger partial charge >= 0.3 is 0 Å². The molecule has 6 heterocycles. The van der Waals surface area contributed by atoms with Gasteiger partial charge in [-0.05, 0) is 274 Å². The zero-order valence-corrected chi connectivity index (χ0v) is 75.1. The minimum atomic E-state index is 1.04. The Morgan fingerprint density at radius 3 is 0.732 bits per heavy atom. The van der Waals surface area contributed by atoms with E-state index >= 15 is 0 Å². The summed E-state index contributed by atoms with van der Waals surface area (Å²) in [6, 6.07) is 188. The minimum absolute atomic E-state index is 1.04. The Labute approximate surface area is 795 Å². The molecule has 8 nitrogen and oxygen atoms in total. The third-order valence-corrected chi connectivity index (χ3v) is 28.8. The lowest BCUT2D eigenvalue weighted by Crippen LogP contribution is -2.11. The molecule has 644 valence electrons. The van der Waals surface area contributed by atoms with Crippen molar-refractivity contribution in [2.45, 2.75) is 0 Å². The molecule has 138 heavy (non-hydrogen) atoms. The summed E-state index contributed by atoms with van der Waals surface area (Å²) >= 11 is 0. The molecule has 28 rings (SSSR count). The predicted octanol–water partition coefficient (Wildman–Crippen LogP) is 35.0. The number of nitrogens with zero attached hydrogens (tertiary/aromatic N) is 8. The summed E-state index contributed by atoms with van der Waals surface area (Å²) in [6.07, 6.45) is 0. The molecule has 8 heteroatoms. The van der Waals surface area contributed by atoms with Crippen molar-refractivity contribution >= 4 is 176 Å². The van der Waals surface area contributed by atoms with Crippen LogP contribution in [0.25, 0.3) is 220 Å². The van der Waals surface area contributed by atoms with Crippen molar-refractivity contribution in [3.63, 3.8) is 0 Å². The molecular formula is C130H84N8. The normalized spacial score (nSPS) is 11.9. The average molecular weight is 1760 g/mol. The van der Waals surface area contributed by atoms with Crippen molar-refractivity contribution in [1.29, 1.82) is 0 Å². The van der Waals surface area contributed by atoms with Crippen molar-refractivity contribution in [1.82, 2.24) is 27.4 Å². The molecule has 0 aliphatic rings. The van der Waals surface area contributed by atoms with E-state index in [-0.39, 0.29) is 0 Å². The monoisotopic (exact) mass is 1760 g/mol. The summed E-state index contributed by atoms with van der Waals surface area (Å²) in [6.45, 7) is 0. The molecule has 0 aliphatic carbocycles. The first-order valence-corrected chi connectivity index (χ1v) is 47.4. The van der Waals surface area contributed by atoms with Gasteiger partial charge < -0.3 is 37.2 Å². The third kappa shape index (κ3) is 12.3. The molecule has 0 amide bonds. The number of rotatable bonds is 16. The standard InChI is InChI=1S/C130H84N8/c1-3-27-90(28-4-1)133-120-47-21-13-37-108(120)114-83-88(59-80-125(114)133)87-55-53-85(54-56-87)86-57-61-92(62-58-86)131(93-63-71-97(72-64-93)135-116-43-17-9-33-104(116)105-34-10-18-44-117(105)135)94-65-73-99(74-66-94)137-122-49-23-15-39-112(122)129-110(41-25-51-127(129)137)111-42-26-52-128-130(111)113-40-16-24-50-123(113)138(128)100-77-69-96(70-78-100)132(95-67-75-98(76-68-95)136-118-45-19-11-35-106(118)107-36-12-20-46-119(107)136)124-82-79-101(102-31-7-8-32-103(102)124)89-60-81-126-115(84-89)109-38-14-22-48-121(109)134(126)91-29-5-2-6-30-91/h1-84H. The quantitative estimate of drug-likeness (QED) is 0.0967. The first kappa shape index (κ1) is 78.2. The van der Waals surface area contributed by atoms with Crippen LogP contribution in [0.5, 0.6) is 0 Å². The molecule has 22 aromatic carbocycles. The molecule has 0 N–H and O–H groups in total. The molecule has 0 unspecified atom stereocenters. The largest absolute Gasteiger partial charge is 0.311 e. The van der Waals surface area contributed by atoms with E-state index in [1.807, 2.05) is 0 Å². The van der Waals surface area contributed by atoms with Gasteiger partial charge in [-0.25, -0.2) is 0 Å². The van der Waals surface area contributed by atoms with Gasteiger partial charge in [0.2, 0.25) is 0 Å². The first-order chi connectivity index (χ1) is 68.5. The molecular weight excluding hydrogens is 1670 g/mol. The number of fused-ring (bicyclic) bond motifs is 19. The van der Waals surface area contributed by atoms with Crippen LogP contribution in [0.1, 0.15) is 0 Å². The van der Waals surface area contributed by atoms with Crippen molar-refractivity contribution in [2.24, 2.45) is 0 Å². The molecule has 0 aliphatic heterocycles. The Hall–Kier alpha value is -18.5. The lowest BCUT2D eigenvalue weighted by Gasteiger charge is -2.28. The summed E-state index contributed by atoms with van der Waals surface area (Å²) in [7, 11) is 0. The number of aromatic nitrogens is 6. The Morgan fingerprint density at radius 1 is 0.123 bits per heavy atom. The van der Waals surface area contributed by atoms with E-state index < -0.39 is 0 Å². The van der Waals surface area contributed by atoms with Gasteiger partial charge in [0.05, 0.1) is 71.9 Å². The maximum Gasteiger partial charge on any atom is 0.0547 e. The van der Waals surface area contributed by atoms with Crippen LogP contribution >= 0.6 is 0 Å². The second kappa shape index (κ2) is 31.6. The summed E-state index contributed by atoms with van der Waals surface area (Å²) in [5.41, 5.74) is 36.3. The molecule has 0 spiro atoms. The van der Waals surface area contributed by atoms with Gasteiger partial charge in [0.1, 0.15) is 0 Å². The Bertz CT molecular complexity index is 9630. The molecule has 0 saturated carbocycles. The van der Waals surface area contributed by atoms with Gasteiger partial charge in [0.25, 0.3) is 0 Å². The van der Waals surface area contributed by atoms with E-state index in [1.165, 1.54) is 148 Å². The van der Waals surface area contributed by atoms with Crippen LogP contribution < -0.4 is 9.80 Å². The fraction of sp³-hybridized carbons (Fsp3) is 0. The second-order valence-corrected chi connectivity index (χ2v) is 36.2. The highest BCUT2D eigenvalue weighted by Crippen LogP contribution is 2.50. The van der Waals surface area contributed by atoms with Crippen molar-refractivity contribution in [2.75, 3.05) is 9.80 Å². The SMILES string of the molecule is c1ccc(-n2c3ccccc3c3cc(-c4ccc(-c5ccc(N(c6ccc(-n7c8ccccc8c8ccccc87)cc6)c6ccc(-n7c8ccccc8c8c(-c9cccc%10c9c9ccccc9n%10-c9ccc(N(c%10ccc(-n%11c%12ccccc%12c%12ccccc%12%11)cc%10)c%10ccc(-c%11ccc%12c(c%11)c%11ccccc%11n%12-c%11ccccc%11)c%11ccccc%10%11)cc9)cccc87)cc6)cc5)cc4)ccc32)cc1. The fourth-order valence-corrected chi connectivity index (χ4v) is 22.7. The highest BCUT2D eigenvalue weighted by atomic mass is 15.2. The van der Waals surface area contributed by atoms with E-state index in [2.05, 4.69) is 547 Å². The maximum atomic E-state index is 2.47. The van der Waals surface area contributed by atoms with Gasteiger partial charge in [-0.15, -0.1) is 0 Å². The Balaban J connectivity index is 0.533. The molecule has 0 saturated heterocycles. The van der Waals surface area contributed by atoms with Gasteiger partial charge in [0, 0.05) is 133 Å². The number of hydrogen-bond acceptors (Lipinski definition) is 2. The van der Waals surface area contributed by atoms with E-state index in [1.54, 1.807) is 0 Å². The maximum absolute atomic E-state index is 2.47. The van der Waals surface area contributed by atoms with E-state index in [9.17, 15) is 0 Å². The summed E-state index contributed by atoms with van der Waals surface area (Å²) in [5, 5.41) is 17.0. The molecule has 0 atom stereocenters. The van der Waals surface area contributed by atoms with Gasteiger partial charge in [-0.3, -0.25) is 0 Å². The van der Waals surface area contributed by atoms with Crippen molar-refractivity contribution in [3.05, 3.63) is 510 Å². The smallest absolute Gasteiger partial charge is 0.0547 e. The lowest BCUT2D eigenvalue weighted by atomic mass is 9.95. The van der Waals surface area contributed by atoms with Crippen LogP contribution in [0.15, 0.2) is 510 Å². The lowest BCUT2D eigenvalue weighted by molar-refractivity contribution is 1.17. The van der Waals surface area contributed by atoms with E-state index in [4.69, 9.17) is 0 Å². The molecule has 0 bridgehead atoms. The van der Waals surface area contributed by atoms with Crippen LogP contribution in [-0.2, 0) is 0 Å². The number of benzene rings is 22. The van der Waals surface area contributed by atoms with Gasteiger partial charge in [-0.2, -0.15) is 0 Å². The highest BCUT2D eigenvalue weighted by molar-refractivity contribution is 6.23. The zero-order chi connectivity index (χ0) is 90.6. The average Bonchev–Trinajstić information content (AvgIpc) is 1.57. The number of para-hydroxylation sites is 10. The van der Waals surface area contributed by atoms with Crippen LogP contribution in [0.4, 0.5) is 34.1 Å². The molecule has 0 fully saturated rings. The van der Waals surface area contributed by atoms with Crippen LogP contribution in [0, 0.1) is 0 Å². The van der Waals surface area contributed by atoms with Gasteiger partial charge in [-0.1, -0.05) is 285 Å². The topological polar surface area (TPSA) is 36.1 Å². The number of hydrogen-bond donors (Lipinski definition) is 0. The third-order valence-electron chi connectivity index (χ3n) is 28.8. The summed E-state index contributed by atoms with van der Waals surface area (Å²) in [4.78, 5) is 4.85. The molecule has 28 aromatic rings. The highest BCUT2D eigenvalue weighted by Gasteiger charge is 2.27. The Morgan fingerprint density at radius 2 is 0.362 bits per heavy atom. The van der Waals surface area contributed by atoms with Gasteiger partial charge in [0.15, 0.2) is 0 Å². The predicted molar refractivity (Wildman–Crippen MR) is 581 cm³/mol. The zero-order valence-electron chi connectivity index (χ0n) is 75.1. The first-order valence-electron chi connectivity index (χ1n) is 47.4.